The van der Waals surface area contributed by atoms with Crippen molar-refractivity contribution in [3.63, 3.8) is 0 Å². The standard InChI is InChI=1S/C10H15IO/c1-3-10(6-8(2)7-10)9(12)4-5-11/h4-5,8H,3,6-7H2,1-2H3/b5-4+. The molecule has 0 amide bonds. The fourth-order valence-corrected chi connectivity index (χ4v) is 2.50. The summed E-state index contributed by atoms with van der Waals surface area (Å²) < 4.78 is 1.82. The Morgan fingerprint density at radius 1 is 1.67 bits per heavy atom. The molecule has 0 aromatic carbocycles. The lowest BCUT2D eigenvalue weighted by Crippen LogP contribution is -2.41. The monoisotopic (exact) mass is 278 g/mol. The molecule has 0 radical (unpaired) electrons. The number of carbonyl (C=O) groups is 1. The number of allylic oxidation sites excluding steroid dienone is 1. The molecule has 0 saturated heterocycles. The highest BCUT2D eigenvalue weighted by molar-refractivity contribution is 14.1. The lowest BCUT2D eigenvalue weighted by Gasteiger charge is -2.44. The maximum Gasteiger partial charge on any atom is 0.162 e. The Labute approximate surface area is 87.8 Å². The Bertz CT molecular complexity index is 202. The number of hydrogen-bond donors (Lipinski definition) is 0. The van der Waals surface area contributed by atoms with Crippen LogP contribution in [0.15, 0.2) is 10.2 Å². The number of rotatable bonds is 3. The fourth-order valence-electron chi connectivity index (χ4n) is 2.17. The molecule has 12 heavy (non-hydrogen) atoms. The summed E-state index contributed by atoms with van der Waals surface area (Å²) in [5, 5.41) is 0. The van der Waals surface area contributed by atoms with Gasteiger partial charge in [0.2, 0.25) is 0 Å². The lowest BCUT2D eigenvalue weighted by atomic mass is 9.59. The minimum Gasteiger partial charge on any atom is -0.294 e. The van der Waals surface area contributed by atoms with E-state index in [1.165, 1.54) is 0 Å². The normalized spacial score (nSPS) is 35.1. The zero-order valence-electron chi connectivity index (χ0n) is 7.64. The van der Waals surface area contributed by atoms with Gasteiger partial charge in [-0.3, -0.25) is 4.79 Å². The molecular weight excluding hydrogens is 263 g/mol. The van der Waals surface area contributed by atoms with E-state index in [1.54, 1.807) is 6.08 Å². The van der Waals surface area contributed by atoms with Crippen molar-refractivity contribution in [2.24, 2.45) is 11.3 Å². The van der Waals surface area contributed by atoms with Gasteiger partial charge in [0.15, 0.2) is 5.78 Å². The van der Waals surface area contributed by atoms with Crippen LogP contribution in [0.1, 0.15) is 33.1 Å². The van der Waals surface area contributed by atoms with Gasteiger partial charge in [0.25, 0.3) is 0 Å². The summed E-state index contributed by atoms with van der Waals surface area (Å²) in [7, 11) is 0. The van der Waals surface area contributed by atoms with E-state index >= 15 is 0 Å². The van der Waals surface area contributed by atoms with E-state index in [2.05, 4.69) is 36.4 Å². The summed E-state index contributed by atoms with van der Waals surface area (Å²) in [6, 6.07) is 0. The molecule has 1 saturated carbocycles. The molecule has 2 heteroatoms. The topological polar surface area (TPSA) is 17.1 Å². The highest BCUT2D eigenvalue weighted by Crippen LogP contribution is 2.48. The van der Waals surface area contributed by atoms with Crippen LogP contribution in [0.5, 0.6) is 0 Å². The predicted molar refractivity (Wildman–Crippen MR) is 59.3 cm³/mol. The third-order valence-electron chi connectivity index (χ3n) is 2.89. The SMILES string of the molecule is CCC1(C(=O)/C=C/I)CC(C)C1. The lowest BCUT2D eigenvalue weighted by molar-refractivity contribution is -0.131. The smallest absolute Gasteiger partial charge is 0.162 e. The molecule has 0 aliphatic heterocycles. The molecule has 0 aromatic heterocycles. The summed E-state index contributed by atoms with van der Waals surface area (Å²) >= 11 is 2.10. The first-order valence-electron chi connectivity index (χ1n) is 4.46. The van der Waals surface area contributed by atoms with E-state index < -0.39 is 0 Å². The summed E-state index contributed by atoms with van der Waals surface area (Å²) in [6.45, 7) is 4.33. The van der Waals surface area contributed by atoms with Gasteiger partial charge in [-0.25, -0.2) is 0 Å². The van der Waals surface area contributed by atoms with Crippen molar-refractivity contribution in [1.82, 2.24) is 0 Å². The minimum absolute atomic E-state index is 0.0150. The molecule has 0 N–H and O–H groups in total. The third kappa shape index (κ3) is 1.73. The Morgan fingerprint density at radius 2 is 2.25 bits per heavy atom. The number of halogens is 1. The number of carbonyl (C=O) groups excluding carboxylic acids is 1. The van der Waals surface area contributed by atoms with Crippen LogP contribution in [0.4, 0.5) is 0 Å². The average Bonchev–Trinajstić information content (AvgIpc) is 1.98. The van der Waals surface area contributed by atoms with E-state index in [4.69, 9.17) is 0 Å². The van der Waals surface area contributed by atoms with E-state index in [0.717, 1.165) is 25.2 Å². The average molecular weight is 278 g/mol. The summed E-state index contributed by atoms with van der Waals surface area (Å²) in [5.41, 5.74) is 0.0150. The van der Waals surface area contributed by atoms with Crippen molar-refractivity contribution >= 4 is 28.4 Å². The zero-order valence-corrected chi connectivity index (χ0v) is 9.80. The molecule has 0 atom stereocenters. The molecule has 1 aliphatic rings. The quantitative estimate of drug-likeness (QED) is 0.571. The van der Waals surface area contributed by atoms with Crippen LogP contribution in [0, 0.1) is 11.3 Å². The molecule has 68 valence electrons. The van der Waals surface area contributed by atoms with Crippen LogP contribution in [-0.4, -0.2) is 5.78 Å². The van der Waals surface area contributed by atoms with Gasteiger partial charge < -0.3 is 0 Å². The summed E-state index contributed by atoms with van der Waals surface area (Å²) in [5.74, 6) is 1.08. The van der Waals surface area contributed by atoms with Crippen molar-refractivity contribution in [1.29, 1.82) is 0 Å². The molecule has 1 fully saturated rings. The van der Waals surface area contributed by atoms with Crippen LogP contribution in [0.2, 0.25) is 0 Å². The molecule has 0 aromatic rings. The minimum atomic E-state index is 0.0150. The largest absolute Gasteiger partial charge is 0.294 e. The van der Waals surface area contributed by atoms with Gasteiger partial charge in [0, 0.05) is 5.41 Å². The van der Waals surface area contributed by atoms with Gasteiger partial charge >= 0.3 is 0 Å². The first-order valence-corrected chi connectivity index (χ1v) is 5.70. The second-order valence-electron chi connectivity index (χ2n) is 3.80. The van der Waals surface area contributed by atoms with Gasteiger partial charge in [-0.05, 0) is 35.3 Å². The third-order valence-corrected chi connectivity index (χ3v) is 3.25. The van der Waals surface area contributed by atoms with Crippen LogP contribution in [0.25, 0.3) is 0 Å². The van der Waals surface area contributed by atoms with Crippen molar-refractivity contribution in [3.05, 3.63) is 10.2 Å². The van der Waals surface area contributed by atoms with E-state index in [9.17, 15) is 4.79 Å². The molecule has 1 aliphatic carbocycles. The van der Waals surface area contributed by atoms with Gasteiger partial charge in [-0.1, -0.05) is 36.4 Å². The van der Waals surface area contributed by atoms with Gasteiger partial charge in [0.1, 0.15) is 0 Å². The first kappa shape index (κ1) is 10.2. The Morgan fingerprint density at radius 3 is 2.58 bits per heavy atom. The second kappa shape index (κ2) is 3.90. The maximum atomic E-state index is 11.6. The van der Waals surface area contributed by atoms with E-state index in [1.807, 2.05) is 4.08 Å². The summed E-state index contributed by atoms with van der Waals surface area (Å²) in [4.78, 5) is 11.6. The molecular formula is C10H15IO. The predicted octanol–water partition coefficient (Wildman–Crippen LogP) is 3.33. The van der Waals surface area contributed by atoms with Gasteiger partial charge in [-0.2, -0.15) is 0 Å². The fraction of sp³-hybridized carbons (Fsp3) is 0.700. The molecule has 0 heterocycles. The van der Waals surface area contributed by atoms with Crippen molar-refractivity contribution < 1.29 is 4.79 Å². The highest BCUT2D eigenvalue weighted by Gasteiger charge is 2.44. The first-order chi connectivity index (χ1) is 5.64. The van der Waals surface area contributed by atoms with E-state index in [0.29, 0.717) is 5.78 Å². The van der Waals surface area contributed by atoms with Crippen LogP contribution in [-0.2, 0) is 4.79 Å². The van der Waals surface area contributed by atoms with Gasteiger partial charge in [-0.15, -0.1) is 0 Å². The molecule has 0 bridgehead atoms. The highest BCUT2D eigenvalue weighted by atomic mass is 127. The Balaban J connectivity index is 2.63. The maximum absolute atomic E-state index is 11.6. The molecule has 1 nitrogen and oxygen atoms in total. The van der Waals surface area contributed by atoms with Crippen molar-refractivity contribution in [2.75, 3.05) is 0 Å². The molecule has 0 unspecified atom stereocenters. The Kier molecular flexibility index (Phi) is 3.32. The van der Waals surface area contributed by atoms with Crippen LogP contribution >= 0.6 is 22.6 Å². The van der Waals surface area contributed by atoms with Crippen molar-refractivity contribution in [3.8, 4) is 0 Å². The Hall–Kier alpha value is 0.140. The molecule has 0 spiro atoms. The van der Waals surface area contributed by atoms with Crippen LogP contribution in [0.3, 0.4) is 0 Å². The van der Waals surface area contributed by atoms with Gasteiger partial charge in [0.05, 0.1) is 0 Å². The van der Waals surface area contributed by atoms with Crippen molar-refractivity contribution in [2.45, 2.75) is 33.1 Å². The zero-order chi connectivity index (χ0) is 9.19. The number of hydrogen-bond acceptors (Lipinski definition) is 1. The van der Waals surface area contributed by atoms with Crippen LogP contribution < -0.4 is 0 Å². The van der Waals surface area contributed by atoms with E-state index in [-0.39, 0.29) is 5.41 Å². The summed E-state index contributed by atoms with van der Waals surface area (Å²) in [6.07, 6.45) is 4.89. The molecule has 1 rings (SSSR count). The second-order valence-corrected chi connectivity index (χ2v) is 4.52. The number of ketones is 1.